The topological polar surface area (TPSA) is 112 Å². The van der Waals surface area contributed by atoms with Crippen LogP contribution in [0.5, 0.6) is 0 Å². The highest BCUT2D eigenvalue weighted by molar-refractivity contribution is 5.97. The third-order valence-electron chi connectivity index (χ3n) is 6.68. The molecule has 172 valence electrons. The quantitative estimate of drug-likeness (QED) is 0.709. The Bertz CT molecular complexity index is 1070. The molecule has 2 aromatic rings. The van der Waals surface area contributed by atoms with Gasteiger partial charge in [-0.25, -0.2) is 0 Å². The molecule has 7 heteroatoms. The average molecular weight is 446 g/mol. The third kappa shape index (κ3) is 5.07. The Morgan fingerprint density at radius 3 is 2.70 bits per heavy atom. The molecule has 2 aliphatic rings. The highest BCUT2D eigenvalue weighted by atomic mass is 16.2. The lowest BCUT2D eigenvalue weighted by Crippen LogP contribution is -2.42. The van der Waals surface area contributed by atoms with E-state index in [4.69, 9.17) is 5.73 Å². The number of fused-ring (bicyclic) bond motifs is 1. The van der Waals surface area contributed by atoms with Gasteiger partial charge in [-0.05, 0) is 50.3 Å². The SMILES string of the molecule is CC(C)N1Cc2cc(-c3ccc(CC(C#N)NC(=O)C4CCCC(N)C4)cc3)cnc2C1=O. The van der Waals surface area contributed by atoms with Gasteiger partial charge in [-0.3, -0.25) is 14.6 Å². The minimum absolute atomic E-state index is 0.0123. The molecule has 1 aliphatic heterocycles. The monoisotopic (exact) mass is 445 g/mol. The van der Waals surface area contributed by atoms with Crippen LogP contribution in [0.15, 0.2) is 36.5 Å². The molecule has 0 bridgehead atoms. The van der Waals surface area contributed by atoms with E-state index >= 15 is 0 Å². The molecule has 4 rings (SSSR count). The Morgan fingerprint density at radius 1 is 1.27 bits per heavy atom. The molecular formula is C26H31N5O2. The molecule has 1 aliphatic carbocycles. The fraction of sp³-hybridized carbons (Fsp3) is 0.462. The van der Waals surface area contributed by atoms with Crippen LogP contribution in [0.2, 0.25) is 0 Å². The van der Waals surface area contributed by atoms with E-state index < -0.39 is 6.04 Å². The summed E-state index contributed by atoms with van der Waals surface area (Å²) >= 11 is 0. The van der Waals surface area contributed by atoms with E-state index in [1.165, 1.54) is 0 Å². The summed E-state index contributed by atoms with van der Waals surface area (Å²) in [5.41, 5.74) is 10.4. The van der Waals surface area contributed by atoms with E-state index in [2.05, 4.69) is 16.4 Å². The molecule has 1 fully saturated rings. The molecule has 0 spiro atoms. The van der Waals surface area contributed by atoms with Crippen LogP contribution in [0.25, 0.3) is 11.1 Å². The van der Waals surface area contributed by atoms with Crippen molar-refractivity contribution in [3.8, 4) is 17.2 Å². The molecule has 0 radical (unpaired) electrons. The van der Waals surface area contributed by atoms with Crippen molar-refractivity contribution in [2.24, 2.45) is 11.7 Å². The fourth-order valence-corrected chi connectivity index (χ4v) is 4.74. The minimum atomic E-state index is -0.573. The minimum Gasteiger partial charge on any atom is -0.340 e. The number of nitrogens with two attached hydrogens (primary N) is 1. The van der Waals surface area contributed by atoms with Gasteiger partial charge in [-0.2, -0.15) is 5.26 Å². The summed E-state index contributed by atoms with van der Waals surface area (Å²) < 4.78 is 0. The van der Waals surface area contributed by atoms with Crippen molar-refractivity contribution >= 4 is 11.8 Å². The summed E-state index contributed by atoms with van der Waals surface area (Å²) in [5.74, 6) is -0.179. The highest BCUT2D eigenvalue weighted by Crippen LogP contribution is 2.28. The molecule has 2 heterocycles. The van der Waals surface area contributed by atoms with Crippen LogP contribution in [-0.2, 0) is 17.8 Å². The fourth-order valence-electron chi connectivity index (χ4n) is 4.74. The number of hydrogen-bond acceptors (Lipinski definition) is 5. The Kier molecular flexibility index (Phi) is 6.75. The number of aromatic nitrogens is 1. The number of carbonyl (C=O) groups is 2. The first-order valence-corrected chi connectivity index (χ1v) is 11.7. The maximum atomic E-state index is 12.6. The van der Waals surface area contributed by atoms with E-state index in [0.29, 0.717) is 25.1 Å². The number of carbonyl (C=O) groups excluding carboxylic acids is 2. The number of nitriles is 1. The van der Waals surface area contributed by atoms with Gasteiger partial charge in [-0.1, -0.05) is 30.7 Å². The number of benzene rings is 1. The Morgan fingerprint density at radius 2 is 2.03 bits per heavy atom. The number of rotatable bonds is 6. The Balaban J connectivity index is 1.40. The number of nitrogens with one attached hydrogen (secondary N) is 1. The van der Waals surface area contributed by atoms with E-state index in [0.717, 1.165) is 41.5 Å². The van der Waals surface area contributed by atoms with Crippen LogP contribution in [0.4, 0.5) is 0 Å². The van der Waals surface area contributed by atoms with Gasteiger partial charge in [0.15, 0.2) is 0 Å². The summed E-state index contributed by atoms with van der Waals surface area (Å²) in [6.45, 7) is 4.59. The van der Waals surface area contributed by atoms with E-state index in [1.807, 2.05) is 49.1 Å². The summed E-state index contributed by atoms with van der Waals surface area (Å²) in [6, 6.07) is 11.8. The second-order valence-electron chi connectivity index (χ2n) is 9.47. The van der Waals surface area contributed by atoms with Crippen molar-refractivity contribution in [1.29, 1.82) is 5.26 Å². The molecule has 7 nitrogen and oxygen atoms in total. The second kappa shape index (κ2) is 9.72. The second-order valence-corrected chi connectivity index (χ2v) is 9.47. The van der Waals surface area contributed by atoms with Gasteiger partial charge < -0.3 is 16.0 Å². The molecule has 33 heavy (non-hydrogen) atoms. The molecule has 3 unspecified atom stereocenters. The Labute approximate surface area is 195 Å². The summed E-state index contributed by atoms with van der Waals surface area (Å²) in [7, 11) is 0. The summed E-state index contributed by atoms with van der Waals surface area (Å²) in [5, 5.41) is 12.5. The van der Waals surface area contributed by atoms with Gasteiger partial charge in [0.2, 0.25) is 5.91 Å². The van der Waals surface area contributed by atoms with Gasteiger partial charge in [-0.15, -0.1) is 0 Å². The number of amides is 2. The molecule has 1 saturated carbocycles. The predicted octanol–water partition coefficient (Wildman–Crippen LogP) is 3.18. The van der Waals surface area contributed by atoms with Crippen molar-refractivity contribution in [3.05, 3.63) is 53.3 Å². The van der Waals surface area contributed by atoms with Crippen LogP contribution >= 0.6 is 0 Å². The molecule has 0 saturated heterocycles. The van der Waals surface area contributed by atoms with Crippen molar-refractivity contribution in [2.75, 3.05) is 0 Å². The van der Waals surface area contributed by atoms with E-state index in [9.17, 15) is 14.9 Å². The lowest BCUT2D eigenvalue weighted by molar-refractivity contribution is -0.126. The molecular weight excluding hydrogens is 414 g/mol. The van der Waals surface area contributed by atoms with Crippen LogP contribution in [0.1, 0.15) is 61.1 Å². The van der Waals surface area contributed by atoms with Crippen molar-refractivity contribution in [2.45, 2.75) is 70.6 Å². The van der Waals surface area contributed by atoms with Gasteiger partial charge in [0, 0.05) is 48.3 Å². The van der Waals surface area contributed by atoms with Crippen molar-refractivity contribution < 1.29 is 9.59 Å². The third-order valence-corrected chi connectivity index (χ3v) is 6.68. The van der Waals surface area contributed by atoms with Gasteiger partial charge in [0.1, 0.15) is 11.7 Å². The first-order chi connectivity index (χ1) is 15.9. The molecule has 3 atom stereocenters. The molecule has 3 N–H and O–H groups in total. The van der Waals surface area contributed by atoms with Crippen LogP contribution < -0.4 is 11.1 Å². The Hall–Kier alpha value is -3.24. The molecule has 1 aromatic heterocycles. The van der Waals surface area contributed by atoms with Crippen LogP contribution in [-0.4, -0.2) is 39.8 Å². The number of nitrogens with zero attached hydrogens (tertiary/aromatic N) is 3. The first kappa shape index (κ1) is 22.9. The normalized spacial score (nSPS) is 20.9. The lowest BCUT2D eigenvalue weighted by Gasteiger charge is -2.26. The standard InChI is InChI=1S/C26H31N5O2/c1-16(2)31-15-21-11-20(14-29-24(21)26(31)33)18-8-6-17(7-9-18)10-23(13-27)30-25(32)19-4-3-5-22(28)12-19/h6-9,11,14,16,19,22-23H,3-5,10,12,15,28H2,1-2H3,(H,30,32). The number of hydrogen-bond donors (Lipinski definition) is 2. The van der Waals surface area contributed by atoms with Gasteiger partial charge in [0.05, 0.1) is 6.07 Å². The first-order valence-electron chi connectivity index (χ1n) is 11.7. The molecule has 2 amide bonds. The predicted molar refractivity (Wildman–Crippen MR) is 126 cm³/mol. The molecule has 1 aromatic carbocycles. The largest absolute Gasteiger partial charge is 0.340 e. The maximum Gasteiger partial charge on any atom is 0.273 e. The smallest absolute Gasteiger partial charge is 0.273 e. The highest BCUT2D eigenvalue weighted by Gasteiger charge is 2.31. The van der Waals surface area contributed by atoms with Crippen LogP contribution in [0, 0.1) is 17.2 Å². The lowest BCUT2D eigenvalue weighted by atomic mass is 9.85. The maximum absolute atomic E-state index is 12.6. The van der Waals surface area contributed by atoms with E-state index in [1.54, 1.807) is 6.20 Å². The zero-order valence-electron chi connectivity index (χ0n) is 19.3. The van der Waals surface area contributed by atoms with Crippen molar-refractivity contribution in [1.82, 2.24) is 15.2 Å². The van der Waals surface area contributed by atoms with E-state index in [-0.39, 0.29) is 29.8 Å². The average Bonchev–Trinajstić information content (AvgIpc) is 3.15. The van der Waals surface area contributed by atoms with Crippen LogP contribution in [0.3, 0.4) is 0 Å². The summed E-state index contributed by atoms with van der Waals surface area (Å²) in [4.78, 5) is 31.3. The van der Waals surface area contributed by atoms with Gasteiger partial charge >= 0.3 is 0 Å². The van der Waals surface area contributed by atoms with Crippen molar-refractivity contribution in [3.63, 3.8) is 0 Å². The zero-order valence-corrected chi connectivity index (χ0v) is 19.3. The number of pyridine rings is 1. The van der Waals surface area contributed by atoms with Gasteiger partial charge in [0.25, 0.3) is 5.91 Å². The zero-order chi connectivity index (χ0) is 23.5. The summed E-state index contributed by atoms with van der Waals surface area (Å²) in [6.07, 6.45) is 5.63.